The molecule has 45 heavy (non-hydrogen) atoms. The van der Waals surface area contributed by atoms with Crippen LogP contribution >= 0.6 is 11.6 Å². The second kappa shape index (κ2) is 17.1. The van der Waals surface area contributed by atoms with E-state index >= 15 is 0 Å². The molecule has 4 rings (SSSR count). The summed E-state index contributed by atoms with van der Waals surface area (Å²) in [7, 11) is 2.80. The number of benzene rings is 3. The largest absolute Gasteiger partial charge is 0.468 e. The SMILES string of the molecule is COCC1=NC(COCCN=[N+]=[N-])=C(C(=O)NCCC(c2ccccc2)c2ccccc2)C(c2cccc(Cl)c2)C1C(=O)OC. The molecule has 0 bridgehead atoms. The van der Waals surface area contributed by atoms with Gasteiger partial charge in [-0.2, -0.15) is 0 Å². The Hall–Kier alpha value is -4.47. The molecule has 0 aromatic heterocycles. The smallest absolute Gasteiger partial charge is 0.315 e. The minimum Gasteiger partial charge on any atom is -0.468 e. The zero-order chi connectivity index (χ0) is 32.0. The molecule has 2 unspecified atom stereocenters. The standard InChI is InChI=1S/C34H36ClN5O5/c1-43-21-28-32(34(42)44-2)30(25-14-9-15-26(35)20-25)31(29(39-28)22-45-19-18-38-40-36)33(41)37-17-16-27(23-10-5-3-6-11-23)24-12-7-4-8-13-24/h3-15,20,27,30,32H,16-19,21-22H2,1-2H3,(H,37,41). The molecular formula is C34H36ClN5O5. The van der Waals surface area contributed by atoms with E-state index in [-0.39, 0.29) is 43.8 Å². The number of nitrogens with zero attached hydrogens (tertiary/aromatic N) is 4. The summed E-state index contributed by atoms with van der Waals surface area (Å²) in [5, 5.41) is 7.06. The fourth-order valence-corrected chi connectivity index (χ4v) is 5.79. The van der Waals surface area contributed by atoms with Gasteiger partial charge in [0.15, 0.2) is 0 Å². The molecule has 234 valence electrons. The molecule has 1 N–H and O–H groups in total. The zero-order valence-corrected chi connectivity index (χ0v) is 26.0. The van der Waals surface area contributed by atoms with E-state index in [1.165, 1.54) is 14.2 Å². The number of methoxy groups -OCH3 is 2. The van der Waals surface area contributed by atoms with Crippen LogP contribution in [0, 0.1) is 5.92 Å². The van der Waals surface area contributed by atoms with Gasteiger partial charge in [-0.25, -0.2) is 0 Å². The van der Waals surface area contributed by atoms with E-state index < -0.39 is 17.8 Å². The Labute approximate surface area is 267 Å². The Balaban J connectivity index is 1.72. The summed E-state index contributed by atoms with van der Waals surface area (Å²) < 4.78 is 16.4. The number of hydrogen-bond acceptors (Lipinski definition) is 7. The molecule has 0 saturated carbocycles. The quantitative estimate of drug-likeness (QED) is 0.0699. The molecule has 2 atom stereocenters. The van der Waals surface area contributed by atoms with Crippen LogP contribution in [0.1, 0.15) is 34.9 Å². The highest BCUT2D eigenvalue weighted by atomic mass is 35.5. The van der Waals surface area contributed by atoms with Gasteiger partial charge < -0.3 is 19.5 Å². The first kappa shape index (κ1) is 33.4. The van der Waals surface area contributed by atoms with Crippen molar-refractivity contribution in [2.45, 2.75) is 18.3 Å². The van der Waals surface area contributed by atoms with Crippen molar-refractivity contribution >= 4 is 29.2 Å². The normalized spacial score (nSPS) is 16.1. The van der Waals surface area contributed by atoms with Crippen molar-refractivity contribution in [2.75, 3.05) is 47.1 Å². The Morgan fingerprint density at radius 2 is 1.69 bits per heavy atom. The Bertz CT molecular complexity index is 1520. The van der Waals surface area contributed by atoms with Crippen molar-refractivity contribution in [1.82, 2.24) is 5.32 Å². The number of hydrogen-bond donors (Lipinski definition) is 1. The number of nitrogens with one attached hydrogen (secondary N) is 1. The maximum atomic E-state index is 14.2. The number of carbonyl (C=O) groups excluding carboxylic acids is 2. The van der Waals surface area contributed by atoms with Gasteiger partial charge in [0.1, 0.15) is 5.92 Å². The highest BCUT2D eigenvalue weighted by Gasteiger charge is 2.43. The van der Waals surface area contributed by atoms with Crippen molar-refractivity contribution in [3.63, 3.8) is 0 Å². The molecule has 0 saturated heterocycles. The monoisotopic (exact) mass is 629 g/mol. The van der Waals surface area contributed by atoms with Gasteiger partial charge in [-0.3, -0.25) is 14.6 Å². The number of halogens is 1. The fraction of sp³-hybridized carbons (Fsp3) is 0.324. The second-order valence-corrected chi connectivity index (χ2v) is 10.8. The minimum absolute atomic E-state index is 0.0315. The molecular weight excluding hydrogens is 594 g/mol. The third-order valence-electron chi connectivity index (χ3n) is 7.55. The molecule has 1 aliphatic heterocycles. The highest BCUT2D eigenvalue weighted by molar-refractivity contribution is 6.30. The van der Waals surface area contributed by atoms with Crippen LogP contribution in [0.25, 0.3) is 10.4 Å². The predicted molar refractivity (Wildman–Crippen MR) is 173 cm³/mol. The Morgan fingerprint density at radius 3 is 2.29 bits per heavy atom. The van der Waals surface area contributed by atoms with E-state index in [1.54, 1.807) is 18.2 Å². The highest BCUT2D eigenvalue weighted by Crippen LogP contribution is 2.41. The van der Waals surface area contributed by atoms with E-state index in [1.807, 2.05) is 42.5 Å². The molecule has 0 aliphatic carbocycles. The number of aliphatic imine (C=N–C) groups is 1. The Kier molecular flexibility index (Phi) is 12.7. The van der Waals surface area contributed by atoms with Crippen molar-refractivity contribution in [3.8, 4) is 0 Å². The first-order valence-electron chi connectivity index (χ1n) is 14.6. The molecule has 1 heterocycles. The van der Waals surface area contributed by atoms with Gasteiger partial charge in [0, 0.05) is 47.5 Å². The van der Waals surface area contributed by atoms with Crippen LogP contribution in [0.4, 0.5) is 0 Å². The van der Waals surface area contributed by atoms with E-state index in [9.17, 15) is 9.59 Å². The first-order chi connectivity index (χ1) is 22.0. The number of carbonyl (C=O) groups is 2. The van der Waals surface area contributed by atoms with Crippen LogP contribution in [0.2, 0.25) is 5.02 Å². The molecule has 0 fully saturated rings. The van der Waals surface area contributed by atoms with Gasteiger partial charge in [-0.05, 0) is 40.8 Å². The third-order valence-corrected chi connectivity index (χ3v) is 7.79. The summed E-state index contributed by atoms with van der Waals surface area (Å²) >= 11 is 6.40. The van der Waals surface area contributed by atoms with Crippen LogP contribution in [-0.2, 0) is 23.8 Å². The van der Waals surface area contributed by atoms with Gasteiger partial charge >= 0.3 is 5.97 Å². The molecule has 1 aliphatic rings. The average molecular weight is 630 g/mol. The van der Waals surface area contributed by atoms with Crippen molar-refractivity contribution in [3.05, 3.63) is 128 Å². The van der Waals surface area contributed by atoms with Crippen LogP contribution in [-0.4, -0.2) is 64.7 Å². The van der Waals surface area contributed by atoms with E-state index in [4.69, 9.17) is 36.3 Å². The number of ether oxygens (including phenoxy) is 3. The molecule has 0 spiro atoms. The molecule has 0 radical (unpaired) electrons. The van der Waals surface area contributed by atoms with E-state index in [0.717, 1.165) is 11.1 Å². The fourth-order valence-electron chi connectivity index (χ4n) is 5.59. The van der Waals surface area contributed by atoms with Gasteiger partial charge in [0.25, 0.3) is 0 Å². The second-order valence-electron chi connectivity index (χ2n) is 10.4. The summed E-state index contributed by atoms with van der Waals surface area (Å²) in [6.07, 6.45) is 0.630. The predicted octanol–water partition coefficient (Wildman–Crippen LogP) is 6.23. The Morgan fingerprint density at radius 1 is 1.00 bits per heavy atom. The lowest BCUT2D eigenvalue weighted by molar-refractivity contribution is -0.143. The lowest BCUT2D eigenvalue weighted by Crippen LogP contribution is -2.42. The molecule has 10 nitrogen and oxygen atoms in total. The number of esters is 1. The minimum atomic E-state index is -0.942. The lowest BCUT2D eigenvalue weighted by atomic mass is 9.75. The third kappa shape index (κ3) is 8.80. The summed E-state index contributed by atoms with van der Waals surface area (Å²) in [4.78, 5) is 35.0. The van der Waals surface area contributed by atoms with Crippen LogP contribution < -0.4 is 5.32 Å². The number of amides is 1. The molecule has 1 amide bonds. The van der Waals surface area contributed by atoms with Gasteiger partial charge in [-0.15, -0.1) is 0 Å². The zero-order valence-electron chi connectivity index (χ0n) is 25.3. The van der Waals surface area contributed by atoms with E-state index in [0.29, 0.717) is 35.0 Å². The van der Waals surface area contributed by atoms with Gasteiger partial charge in [-0.1, -0.05) is 89.5 Å². The lowest BCUT2D eigenvalue weighted by Gasteiger charge is -2.33. The topological polar surface area (TPSA) is 135 Å². The summed E-state index contributed by atoms with van der Waals surface area (Å²) in [6.45, 7) is 0.558. The maximum absolute atomic E-state index is 14.2. The van der Waals surface area contributed by atoms with Gasteiger partial charge in [0.05, 0.1) is 38.3 Å². The van der Waals surface area contributed by atoms with Crippen LogP contribution in [0.5, 0.6) is 0 Å². The summed E-state index contributed by atoms with van der Waals surface area (Å²) in [5.41, 5.74) is 12.6. The van der Waals surface area contributed by atoms with Gasteiger partial charge in [0.2, 0.25) is 5.91 Å². The number of azide groups is 1. The number of rotatable bonds is 15. The van der Waals surface area contributed by atoms with Crippen molar-refractivity contribution in [2.24, 2.45) is 16.0 Å². The summed E-state index contributed by atoms with van der Waals surface area (Å²) in [5.74, 6) is -2.62. The van der Waals surface area contributed by atoms with Crippen LogP contribution in [0.15, 0.2) is 106 Å². The maximum Gasteiger partial charge on any atom is 0.315 e. The summed E-state index contributed by atoms with van der Waals surface area (Å²) in [6, 6.07) is 27.3. The average Bonchev–Trinajstić information content (AvgIpc) is 3.06. The van der Waals surface area contributed by atoms with Crippen molar-refractivity contribution in [1.29, 1.82) is 0 Å². The van der Waals surface area contributed by atoms with Crippen LogP contribution in [0.3, 0.4) is 0 Å². The molecule has 11 heteroatoms. The molecule has 3 aromatic carbocycles. The van der Waals surface area contributed by atoms with E-state index in [2.05, 4.69) is 39.6 Å². The molecule has 3 aromatic rings. The van der Waals surface area contributed by atoms with Crippen molar-refractivity contribution < 1.29 is 23.8 Å². The first-order valence-corrected chi connectivity index (χ1v) is 15.0.